The van der Waals surface area contributed by atoms with E-state index in [0.29, 0.717) is 5.92 Å². The molecule has 0 bridgehead atoms. The molecule has 2 aromatic rings. The highest BCUT2D eigenvalue weighted by atomic mass is 35.5. The van der Waals surface area contributed by atoms with Crippen molar-refractivity contribution in [3.05, 3.63) is 64.7 Å². The lowest BCUT2D eigenvalue weighted by Gasteiger charge is -2.30. The Kier molecular flexibility index (Phi) is 4.21. The highest BCUT2D eigenvalue weighted by molar-refractivity contribution is 6.21. The summed E-state index contributed by atoms with van der Waals surface area (Å²) in [5.74, 6) is 1.26. The van der Waals surface area contributed by atoms with E-state index in [1.807, 2.05) is 6.07 Å². The molecule has 0 heterocycles. The zero-order chi connectivity index (χ0) is 14.8. The first-order valence-corrected chi connectivity index (χ1v) is 8.00. The number of halogens is 1. The highest BCUT2D eigenvalue weighted by Crippen LogP contribution is 2.46. The molecule has 0 aromatic heterocycles. The highest BCUT2D eigenvalue weighted by Gasteiger charge is 2.29. The number of methoxy groups -OCH3 is 1. The standard InChI is InChI=1S/C19H21ClO/c1-13-10-11-18(21-2)17(12-13)19(20)16-9-5-7-14-6-3-4-8-15(14)16/h3-4,6,8,10-12,16,19H,5,7,9H2,1-2H3. The van der Waals surface area contributed by atoms with E-state index >= 15 is 0 Å². The molecule has 0 aliphatic heterocycles. The van der Waals surface area contributed by atoms with Crippen molar-refractivity contribution in [2.45, 2.75) is 37.5 Å². The van der Waals surface area contributed by atoms with E-state index in [1.54, 1.807) is 7.11 Å². The van der Waals surface area contributed by atoms with Crippen LogP contribution in [0.4, 0.5) is 0 Å². The van der Waals surface area contributed by atoms with Crippen molar-refractivity contribution >= 4 is 11.6 Å². The van der Waals surface area contributed by atoms with Gasteiger partial charge < -0.3 is 4.74 Å². The molecule has 0 amide bonds. The lowest BCUT2D eigenvalue weighted by atomic mass is 9.79. The summed E-state index contributed by atoms with van der Waals surface area (Å²) in [4.78, 5) is 0. The van der Waals surface area contributed by atoms with Crippen molar-refractivity contribution in [3.8, 4) is 5.75 Å². The quantitative estimate of drug-likeness (QED) is 0.689. The van der Waals surface area contributed by atoms with Crippen molar-refractivity contribution < 1.29 is 4.74 Å². The third-order valence-electron chi connectivity index (χ3n) is 4.45. The van der Waals surface area contributed by atoms with Crippen molar-refractivity contribution in [2.24, 2.45) is 0 Å². The minimum absolute atomic E-state index is 0.0405. The molecule has 3 rings (SSSR count). The van der Waals surface area contributed by atoms with Gasteiger partial charge in [-0.2, -0.15) is 0 Å². The fourth-order valence-electron chi connectivity index (χ4n) is 3.38. The van der Waals surface area contributed by atoms with Crippen LogP contribution in [-0.2, 0) is 6.42 Å². The van der Waals surface area contributed by atoms with Crippen molar-refractivity contribution in [2.75, 3.05) is 7.11 Å². The maximum atomic E-state index is 6.89. The maximum absolute atomic E-state index is 6.89. The molecule has 21 heavy (non-hydrogen) atoms. The van der Waals surface area contributed by atoms with Crippen LogP contribution >= 0.6 is 11.6 Å². The lowest BCUT2D eigenvalue weighted by molar-refractivity contribution is 0.405. The predicted octanol–water partition coefficient (Wildman–Crippen LogP) is 5.40. The Morgan fingerprint density at radius 3 is 2.81 bits per heavy atom. The van der Waals surface area contributed by atoms with Gasteiger partial charge in [0.15, 0.2) is 0 Å². The molecule has 1 aliphatic rings. The lowest BCUT2D eigenvalue weighted by Crippen LogP contribution is -2.14. The number of aryl methyl sites for hydroxylation is 2. The Morgan fingerprint density at radius 1 is 1.19 bits per heavy atom. The van der Waals surface area contributed by atoms with E-state index < -0.39 is 0 Å². The van der Waals surface area contributed by atoms with Gasteiger partial charge in [0.25, 0.3) is 0 Å². The SMILES string of the molecule is COc1ccc(C)cc1C(Cl)C1CCCc2ccccc21. The number of benzene rings is 2. The molecule has 0 radical (unpaired) electrons. The van der Waals surface area contributed by atoms with Crippen LogP contribution in [0.15, 0.2) is 42.5 Å². The van der Waals surface area contributed by atoms with E-state index in [9.17, 15) is 0 Å². The molecule has 0 saturated carbocycles. The maximum Gasteiger partial charge on any atom is 0.123 e. The second kappa shape index (κ2) is 6.11. The van der Waals surface area contributed by atoms with Gasteiger partial charge in [0.2, 0.25) is 0 Å². The molecule has 2 heteroatoms. The third-order valence-corrected chi connectivity index (χ3v) is 4.99. The summed E-state index contributed by atoms with van der Waals surface area (Å²) in [6.45, 7) is 2.10. The molecule has 2 atom stereocenters. The first-order valence-electron chi connectivity index (χ1n) is 7.57. The van der Waals surface area contributed by atoms with Crippen molar-refractivity contribution in [1.82, 2.24) is 0 Å². The van der Waals surface area contributed by atoms with E-state index in [1.165, 1.54) is 29.5 Å². The number of hydrogen-bond acceptors (Lipinski definition) is 1. The zero-order valence-electron chi connectivity index (χ0n) is 12.6. The Bertz CT molecular complexity index is 635. The average Bonchev–Trinajstić information content (AvgIpc) is 2.53. The summed E-state index contributed by atoms with van der Waals surface area (Å²) >= 11 is 6.89. The van der Waals surface area contributed by atoms with E-state index in [0.717, 1.165) is 17.7 Å². The van der Waals surface area contributed by atoms with Crippen LogP contribution in [0, 0.1) is 6.92 Å². The Balaban J connectivity index is 2.00. The van der Waals surface area contributed by atoms with Gasteiger partial charge in [0.1, 0.15) is 5.75 Å². The molecular weight excluding hydrogens is 280 g/mol. The van der Waals surface area contributed by atoms with Crippen LogP contribution in [0.2, 0.25) is 0 Å². The van der Waals surface area contributed by atoms with Gasteiger partial charge in [-0.05, 0) is 43.4 Å². The number of rotatable bonds is 3. The topological polar surface area (TPSA) is 9.23 Å². The van der Waals surface area contributed by atoms with E-state index in [-0.39, 0.29) is 5.38 Å². The molecule has 0 fully saturated rings. The Morgan fingerprint density at radius 2 is 2.00 bits per heavy atom. The first-order chi connectivity index (χ1) is 10.2. The number of fused-ring (bicyclic) bond motifs is 1. The van der Waals surface area contributed by atoms with Gasteiger partial charge in [0.05, 0.1) is 12.5 Å². The summed E-state index contributed by atoms with van der Waals surface area (Å²) in [7, 11) is 1.71. The second-order valence-corrected chi connectivity index (χ2v) is 6.31. The van der Waals surface area contributed by atoms with Crippen LogP contribution in [-0.4, -0.2) is 7.11 Å². The van der Waals surface area contributed by atoms with Crippen LogP contribution in [0.5, 0.6) is 5.75 Å². The average molecular weight is 301 g/mol. The zero-order valence-corrected chi connectivity index (χ0v) is 13.4. The summed E-state index contributed by atoms with van der Waals surface area (Å²) in [5, 5.41) is -0.0405. The van der Waals surface area contributed by atoms with Gasteiger partial charge in [0, 0.05) is 11.5 Å². The molecule has 1 nitrogen and oxygen atoms in total. The Labute approximate surface area is 131 Å². The predicted molar refractivity (Wildman–Crippen MR) is 88.4 cm³/mol. The molecule has 1 aliphatic carbocycles. The van der Waals surface area contributed by atoms with E-state index in [4.69, 9.17) is 16.3 Å². The van der Waals surface area contributed by atoms with Gasteiger partial charge in [-0.3, -0.25) is 0 Å². The molecule has 2 aromatic carbocycles. The van der Waals surface area contributed by atoms with Gasteiger partial charge >= 0.3 is 0 Å². The fourth-order valence-corrected chi connectivity index (χ4v) is 3.81. The van der Waals surface area contributed by atoms with Crippen LogP contribution in [0.1, 0.15) is 46.4 Å². The third kappa shape index (κ3) is 2.80. The smallest absolute Gasteiger partial charge is 0.123 e. The van der Waals surface area contributed by atoms with Gasteiger partial charge in [-0.1, -0.05) is 42.0 Å². The number of ether oxygens (including phenoxy) is 1. The summed E-state index contributed by atoms with van der Waals surface area (Å²) in [5.41, 5.74) is 5.19. The summed E-state index contributed by atoms with van der Waals surface area (Å²) in [6, 6.07) is 15.0. The molecule has 2 unspecified atom stereocenters. The van der Waals surface area contributed by atoms with Crippen LogP contribution in [0.3, 0.4) is 0 Å². The van der Waals surface area contributed by atoms with Crippen LogP contribution in [0.25, 0.3) is 0 Å². The second-order valence-electron chi connectivity index (χ2n) is 5.84. The van der Waals surface area contributed by atoms with Crippen LogP contribution < -0.4 is 4.74 Å². The van der Waals surface area contributed by atoms with E-state index in [2.05, 4.69) is 43.3 Å². The van der Waals surface area contributed by atoms with Crippen molar-refractivity contribution in [3.63, 3.8) is 0 Å². The Hall–Kier alpha value is -1.47. The summed E-state index contributed by atoms with van der Waals surface area (Å²) < 4.78 is 5.52. The van der Waals surface area contributed by atoms with Gasteiger partial charge in [-0.25, -0.2) is 0 Å². The minimum Gasteiger partial charge on any atom is -0.496 e. The molecule has 110 valence electrons. The normalized spacial score (nSPS) is 18.9. The molecule has 0 N–H and O–H groups in total. The largest absolute Gasteiger partial charge is 0.496 e. The fraction of sp³-hybridized carbons (Fsp3) is 0.368. The van der Waals surface area contributed by atoms with Crippen molar-refractivity contribution in [1.29, 1.82) is 0 Å². The molecule has 0 spiro atoms. The number of hydrogen-bond donors (Lipinski definition) is 0. The monoisotopic (exact) mass is 300 g/mol. The first kappa shape index (κ1) is 14.5. The molecular formula is C19H21ClO. The molecule has 0 saturated heterocycles. The number of alkyl halides is 1. The summed E-state index contributed by atoms with van der Waals surface area (Å²) in [6.07, 6.45) is 3.52. The van der Waals surface area contributed by atoms with Gasteiger partial charge in [-0.15, -0.1) is 11.6 Å². The minimum atomic E-state index is -0.0405.